The second-order valence-corrected chi connectivity index (χ2v) is 9.62. The summed E-state index contributed by atoms with van der Waals surface area (Å²) in [6.45, 7) is 10.6. The molecule has 1 N–H and O–H groups in total. The van der Waals surface area contributed by atoms with Gasteiger partial charge in [-0.2, -0.15) is 0 Å². The third-order valence-corrected chi connectivity index (χ3v) is 4.82. The van der Waals surface area contributed by atoms with Gasteiger partial charge in [0.2, 0.25) is 5.91 Å². The van der Waals surface area contributed by atoms with E-state index in [1.165, 1.54) is 0 Å². The number of rotatable bonds is 6. The maximum atomic E-state index is 12.9. The van der Waals surface area contributed by atoms with Crippen LogP contribution in [0, 0.1) is 5.41 Å². The number of benzene rings is 1. The number of carbonyl (C=O) groups is 1. The Morgan fingerprint density at radius 2 is 1.85 bits per heavy atom. The van der Waals surface area contributed by atoms with Crippen molar-refractivity contribution in [2.45, 2.75) is 78.3 Å². The van der Waals surface area contributed by atoms with Gasteiger partial charge in [0.05, 0.1) is 10.9 Å². The van der Waals surface area contributed by atoms with Crippen molar-refractivity contribution in [3.05, 3.63) is 40.4 Å². The normalized spacial score (nSPS) is 15.1. The average molecular weight is 370 g/mol. The Bertz CT molecular complexity index is 902. The molecule has 0 atom stereocenters. The zero-order valence-corrected chi connectivity index (χ0v) is 17.1. The van der Waals surface area contributed by atoms with Gasteiger partial charge in [0.15, 0.2) is 0 Å². The summed E-state index contributed by atoms with van der Waals surface area (Å²) < 4.78 is 1.82. The minimum Gasteiger partial charge on any atom is -0.351 e. The van der Waals surface area contributed by atoms with E-state index in [9.17, 15) is 9.59 Å². The van der Waals surface area contributed by atoms with Gasteiger partial charge >= 0.3 is 0 Å². The van der Waals surface area contributed by atoms with E-state index in [1.54, 1.807) is 0 Å². The van der Waals surface area contributed by atoms with Crippen molar-refractivity contribution in [1.29, 1.82) is 0 Å². The van der Waals surface area contributed by atoms with Crippen LogP contribution in [0.3, 0.4) is 0 Å². The zero-order chi connectivity index (χ0) is 19.8. The van der Waals surface area contributed by atoms with E-state index in [4.69, 9.17) is 4.98 Å². The molecule has 3 rings (SSSR count). The van der Waals surface area contributed by atoms with Crippen LogP contribution in [0.4, 0.5) is 0 Å². The molecule has 1 heterocycles. The fourth-order valence-electron chi connectivity index (χ4n) is 4.11. The van der Waals surface area contributed by atoms with E-state index < -0.39 is 0 Å². The van der Waals surface area contributed by atoms with Crippen LogP contribution < -0.4 is 10.9 Å². The Labute approximate surface area is 161 Å². The van der Waals surface area contributed by atoms with E-state index in [2.05, 4.69) is 39.9 Å². The number of hydrogen-bond acceptors (Lipinski definition) is 3. The van der Waals surface area contributed by atoms with Gasteiger partial charge in [-0.25, -0.2) is 4.98 Å². The van der Waals surface area contributed by atoms with Crippen molar-refractivity contribution in [3.63, 3.8) is 0 Å². The van der Waals surface area contributed by atoms with Crippen LogP contribution in [0.15, 0.2) is 29.1 Å². The Morgan fingerprint density at radius 1 is 1.19 bits per heavy atom. The molecule has 1 aliphatic rings. The van der Waals surface area contributed by atoms with Crippen LogP contribution in [0.1, 0.15) is 72.2 Å². The summed E-state index contributed by atoms with van der Waals surface area (Å²) in [5.41, 5.74) is 0.611. The molecule has 1 amide bonds. The molecule has 0 radical (unpaired) electrons. The fourth-order valence-corrected chi connectivity index (χ4v) is 4.11. The van der Waals surface area contributed by atoms with Crippen LogP contribution in [0.2, 0.25) is 0 Å². The highest BCUT2D eigenvalue weighted by molar-refractivity contribution is 5.78. The third-order valence-electron chi connectivity index (χ3n) is 4.82. The highest BCUT2D eigenvalue weighted by atomic mass is 16.1. The Kier molecular flexibility index (Phi) is 5.15. The van der Waals surface area contributed by atoms with Crippen molar-refractivity contribution < 1.29 is 4.79 Å². The van der Waals surface area contributed by atoms with E-state index in [0.717, 1.165) is 25.1 Å². The van der Waals surface area contributed by atoms with E-state index >= 15 is 0 Å². The van der Waals surface area contributed by atoms with Crippen LogP contribution >= 0.6 is 0 Å². The molecule has 5 nitrogen and oxygen atoms in total. The molecule has 1 aliphatic carbocycles. The number of carbonyl (C=O) groups excluding carboxylic acids is 1. The smallest absolute Gasteiger partial charge is 0.261 e. The molecular formula is C22H31N3O2. The number of nitrogens with one attached hydrogen (secondary N) is 1. The molecule has 1 fully saturated rings. The van der Waals surface area contributed by atoms with Crippen molar-refractivity contribution in [1.82, 2.24) is 14.9 Å². The van der Waals surface area contributed by atoms with Gasteiger partial charge < -0.3 is 5.32 Å². The first-order valence-corrected chi connectivity index (χ1v) is 9.87. The molecule has 1 aromatic carbocycles. The number of para-hydroxylation sites is 1. The molecule has 5 heteroatoms. The molecule has 0 bridgehead atoms. The van der Waals surface area contributed by atoms with Gasteiger partial charge in [0.1, 0.15) is 5.82 Å². The summed E-state index contributed by atoms with van der Waals surface area (Å²) in [5, 5.41) is 3.80. The first-order valence-electron chi connectivity index (χ1n) is 9.87. The van der Waals surface area contributed by atoms with Crippen molar-refractivity contribution in [3.8, 4) is 0 Å². The molecule has 2 aromatic rings. The van der Waals surface area contributed by atoms with E-state index in [0.29, 0.717) is 23.7 Å². The lowest BCUT2D eigenvalue weighted by Gasteiger charge is -2.33. The van der Waals surface area contributed by atoms with Crippen molar-refractivity contribution >= 4 is 16.8 Å². The minimum absolute atomic E-state index is 0.00834. The molecule has 27 heavy (non-hydrogen) atoms. The summed E-state index contributed by atoms with van der Waals surface area (Å²) in [6, 6.07) is 7.69. The number of aromatic nitrogens is 2. The average Bonchev–Trinajstić information content (AvgIpc) is 3.35. The second-order valence-electron chi connectivity index (χ2n) is 9.62. The predicted molar refractivity (Wildman–Crippen MR) is 109 cm³/mol. The van der Waals surface area contributed by atoms with Crippen LogP contribution in [0.5, 0.6) is 0 Å². The van der Waals surface area contributed by atoms with Crippen LogP contribution in [-0.4, -0.2) is 21.0 Å². The lowest BCUT2D eigenvalue weighted by atomic mass is 9.82. The first-order chi connectivity index (χ1) is 12.6. The summed E-state index contributed by atoms with van der Waals surface area (Å²) in [4.78, 5) is 30.1. The van der Waals surface area contributed by atoms with E-state index in [1.807, 2.05) is 28.8 Å². The van der Waals surface area contributed by atoms with Crippen molar-refractivity contribution in [2.24, 2.45) is 5.41 Å². The zero-order valence-electron chi connectivity index (χ0n) is 17.1. The summed E-state index contributed by atoms with van der Waals surface area (Å²) in [7, 11) is 0. The standard InChI is InChI=1S/C22H31N3O2/c1-21(2,3)14-22(4,5)24-19(26)13-12-18-23-17-9-7-6-8-16(17)20(27)25(18)15-10-11-15/h6-9,15H,10-14H2,1-5H3,(H,24,26). The van der Waals surface area contributed by atoms with Gasteiger partial charge in [0, 0.05) is 24.4 Å². The first kappa shape index (κ1) is 19.6. The Balaban J connectivity index is 1.76. The molecule has 0 saturated heterocycles. The minimum atomic E-state index is -0.262. The van der Waals surface area contributed by atoms with Crippen molar-refractivity contribution in [2.75, 3.05) is 0 Å². The molecule has 0 aliphatic heterocycles. The Hall–Kier alpha value is -2.17. The SMILES string of the molecule is CC(C)(C)CC(C)(C)NC(=O)CCc1nc2ccccc2c(=O)n1C1CC1. The van der Waals surface area contributed by atoms with Gasteiger partial charge in [-0.1, -0.05) is 32.9 Å². The van der Waals surface area contributed by atoms with Gasteiger partial charge in [0.25, 0.3) is 5.56 Å². The topological polar surface area (TPSA) is 64.0 Å². The molecule has 146 valence electrons. The van der Waals surface area contributed by atoms with Gasteiger partial charge in [-0.05, 0) is 50.7 Å². The number of hydrogen-bond donors (Lipinski definition) is 1. The van der Waals surface area contributed by atoms with Crippen LogP contribution in [0.25, 0.3) is 10.9 Å². The molecule has 0 spiro atoms. The molecule has 1 aromatic heterocycles. The number of fused-ring (bicyclic) bond motifs is 1. The number of nitrogens with zero attached hydrogens (tertiary/aromatic N) is 2. The molecule has 0 unspecified atom stereocenters. The maximum absolute atomic E-state index is 12.9. The number of amides is 1. The fraction of sp³-hybridized carbons (Fsp3) is 0.591. The highest BCUT2D eigenvalue weighted by Gasteiger charge is 2.29. The third kappa shape index (κ3) is 4.96. The highest BCUT2D eigenvalue weighted by Crippen LogP contribution is 2.35. The van der Waals surface area contributed by atoms with Gasteiger partial charge in [-0.15, -0.1) is 0 Å². The quantitative estimate of drug-likeness (QED) is 0.837. The second kappa shape index (κ2) is 7.10. The Morgan fingerprint density at radius 3 is 2.48 bits per heavy atom. The monoisotopic (exact) mass is 369 g/mol. The summed E-state index contributed by atoms with van der Waals surface area (Å²) in [6.07, 6.45) is 3.74. The van der Waals surface area contributed by atoms with E-state index in [-0.39, 0.29) is 28.5 Å². The molecular weight excluding hydrogens is 338 g/mol. The predicted octanol–water partition coefficient (Wildman–Crippen LogP) is 4.00. The number of aryl methyl sites for hydroxylation is 1. The summed E-state index contributed by atoms with van der Waals surface area (Å²) in [5.74, 6) is 0.735. The summed E-state index contributed by atoms with van der Waals surface area (Å²) >= 11 is 0. The maximum Gasteiger partial charge on any atom is 0.261 e. The lowest BCUT2D eigenvalue weighted by molar-refractivity contribution is -0.122. The molecule has 1 saturated carbocycles. The van der Waals surface area contributed by atoms with Crippen LogP contribution in [-0.2, 0) is 11.2 Å². The largest absolute Gasteiger partial charge is 0.351 e. The van der Waals surface area contributed by atoms with Gasteiger partial charge in [-0.3, -0.25) is 14.2 Å². The lowest BCUT2D eigenvalue weighted by Crippen LogP contribution is -2.46.